The molecule has 0 atom stereocenters. The minimum absolute atomic E-state index is 0.0229. The predicted molar refractivity (Wildman–Crippen MR) is 82.2 cm³/mol. The summed E-state index contributed by atoms with van der Waals surface area (Å²) in [6.07, 6.45) is 1.24. The van der Waals surface area contributed by atoms with Crippen LogP contribution >= 0.6 is 23.2 Å². The van der Waals surface area contributed by atoms with Gasteiger partial charge in [0.25, 0.3) is 5.91 Å². The maximum atomic E-state index is 12.2. The van der Waals surface area contributed by atoms with Crippen LogP contribution in [0.4, 0.5) is 5.69 Å². The van der Waals surface area contributed by atoms with Gasteiger partial charge in [-0.3, -0.25) is 4.79 Å². The molecule has 0 aliphatic rings. The summed E-state index contributed by atoms with van der Waals surface area (Å²) in [5.41, 5.74) is 0.602. The molecule has 7 heteroatoms. The number of anilines is 1. The van der Waals surface area contributed by atoms with Crippen LogP contribution in [-0.2, 0) is 0 Å². The number of rotatable bonds is 4. The Labute approximate surface area is 132 Å². The van der Waals surface area contributed by atoms with E-state index < -0.39 is 0 Å². The molecule has 0 fully saturated rings. The van der Waals surface area contributed by atoms with E-state index in [0.29, 0.717) is 11.3 Å². The van der Waals surface area contributed by atoms with E-state index in [-0.39, 0.29) is 28.0 Å². The minimum Gasteiger partial charge on any atom is -0.491 e. The molecule has 0 unspecified atom stereocenters. The highest BCUT2D eigenvalue weighted by molar-refractivity contribution is 6.38. The van der Waals surface area contributed by atoms with Gasteiger partial charge in [0.15, 0.2) is 10.3 Å². The zero-order valence-electron chi connectivity index (χ0n) is 11.4. The summed E-state index contributed by atoms with van der Waals surface area (Å²) >= 11 is 11.8. The van der Waals surface area contributed by atoms with E-state index in [1.54, 1.807) is 24.3 Å². The van der Waals surface area contributed by atoms with Crippen molar-refractivity contribution in [1.82, 2.24) is 9.97 Å². The third-order valence-corrected chi connectivity index (χ3v) is 3.03. The first-order chi connectivity index (χ1) is 9.97. The Morgan fingerprint density at radius 3 is 2.52 bits per heavy atom. The van der Waals surface area contributed by atoms with Gasteiger partial charge in [-0.1, -0.05) is 29.3 Å². The fraction of sp³-hybridized carbons (Fsp3) is 0.214. The van der Waals surface area contributed by atoms with Crippen LogP contribution in [0.3, 0.4) is 0 Å². The lowest BCUT2D eigenvalue weighted by Gasteiger charge is -2.11. The van der Waals surface area contributed by atoms with Crippen molar-refractivity contribution in [1.29, 1.82) is 0 Å². The molecule has 0 saturated heterocycles. The van der Waals surface area contributed by atoms with Crippen LogP contribution in [0.2, 0.25) is 10.3 Å². The van der Waals surface area contributed by atoms with Crippen molar-refractivity contribution in [2.45, 2.75) is 20.0 Å². The average Bonchev–Trinajstić information content (AvgIpc) is 2.42. The molecule has 1 amide bonds. The molecule has 2 rings (SSSR count). The number of carbonyl (C=O) groups is 1. The van der Waals surface area contributed by atoms with Gasteiger partial charge in [-0.2, -0.15) is 0 Å². The van der Waals surface area contributed by atoms with Crippen molar-refractivity contribution in [2.24, 2.45) is 0 Å². The number of hydrogen-bond donors (Lipinski definition) is 1. The maximum absolute atomic E-state index is 12.2. The number of amides is 1. The molecule has 1 aromatic heterocycles. The molecule has 0 saturated carbocycles. The monoisotopic (exact) mass is 325 g/mol. The molecule has 1 aromatic carbocycles. The van der Waals surface area contributed by atoms with E-state index in [1.165, 1.54) is 6.33 Å². The van der Waals surface area contributed by atoms with Gasteiger partial charge in [-0.25, -0.2) is 9.97 Å². The lowest BCUT2D eigenvalue weighted by atomic mass is 10.2. The summed E-state index contributed by atoms with van der Waals surface area (Å²) in [6.45, 7) is 3.82. The summed E-state index contributed by atoms with van der Waals surface area (Å²) in [5.74, 6) is 0.238. The molecular formula is C14H13Cl2N3O2. The molecule has 0 aliphatic carbocycles. The van der Waals surface area contributed by atoms with Crippen LogP contribution in [-0.4, -0.2) is 22.0 Å². The Balaban J connectivity index is 2.21. The van der Waals surface area contributed by atoms with Gasteiger partial charge in [0.1, 0.15) is 17.8 Å². The van der Waals surface area contributed by atoms with E-state index in [2.05, 4.69) is 15.3 Å². The second kappa shape index (κ2) is 6.74. The van der Waals surface area contributed by atoms with Crippen LogP contribution in [0.5, 0.6) is 5.75 Å². The van der Waals surface area contributed by atoms with E-state index >= 15 is 0 Å². The number of nitrogens with one attached hydrogen (secondary N) is 1. The summed E-state index contributed by atoms with van der Waals surface area (Å²) in [7, 11) is 0. The third kappa shape index (κ3) is 4.06. The van der Waals surface area contributed by atoms with Crippen molar-refractivity contribution in [3.63, 3.8) is 0 Å². The van der Waals surface area contributed by atoms with Crippen molar-refractivity contribution in [3.8, 4) is 5.75 Å². The fourth-order valence-electron chi connectivity index (χ4n) is 1.62. The topological polar surface area (TPSA) is 64.1 Å². The number of ether oxygens (including phenoxy) is 1. The summed E-state index contributed by atoms with van der Waals surface area (Å²) in [5, 5.41) is 2.75. The van der Waals surface area contributed by atoms with Crippen LogP contribution in [0.1, 0.15) is 24.2 Å². The molecule has 0 bridgehead atoms. The molecular weight excluding hydrogens is 313 g/mol. The fourth-order valence-corrected chi connectivity index (χ4v) is 2.03. The van der Waals surface area contributed by atoms with Crippen molar-refractivity contribution >= 4 is 34.8 Å². The molecule has 21 heavy (non-hydrogen) atoms. The highest BCUT2D eigenvalue weighted by atomic mass is 35.5. The van der Waals surface area contributed by atoms with Gasteiger partial charge in [-0.15, -0.1) is 0 Å². The molecule has 0 spiro atoms. The van der Waals surface area contributed by atoms with Crippen molar-refractivity contribution in [3.05, 3.63) is 46.5 Å². The largest absolute Gasteiger partial charge is 0.491 e. The number of hydrogen-bond acceptors (Lipinski definition) is 4. The van der Waals surface area contributed by atoms with E-state index in [4.69, 9.17) is 27.9 Å². The van der Waals surface area contributed by atoms with E-state index in [1.807, 2.05) is 13.8 Å². The van der Waals surface area contributed by atoms with Gasteiger partial charge in [0.2, 0.25) is 0 Å². The Bertz CT molecular complexity index is 642. The van der Waals surface area contributed by atoms with Gasteiger partial charge in [0, 0.05) is 5.56 Å². The molecule has 0 aliphatic heterocycles. The smallest absolute Gasteiger partial charge is 0.255 e. The SMILES string of the molecule is CC(C)Oc1cccc(C(=O)Nc2c(Cl)ncnc2Cl)c1. The first-order valence-corrected chi connectivity index (χ1v) is 6.97. The van der Waals surface area contributed by atoms with Gasteiger partial charge in [0.05, 0.1) is 6.10 Å². The number of carbonyl (C=O) groups excluding carboxylic acids is 1. The normalized spacial score (nSPS) is 10.5. The highest BCUT2D eigenvalue weighted by Crippen LogP contribution is 2.26. The zero-order valence-corrected chi connectivity index (χ0v) is 12.9. The molecule has 1 N–H and O–H groups in total. The van der Waals surface area contributed by atoms with Crippen LogP contribution in [0.15, 0.2) is 30.6 Å². The lowest BCUT2D eigenvalue weighted by Crippen LogP contribution is -2.14. The Hall–Kier alpha value is -1.85. The highest BCUT2D eigenvalue weighted by Gasteiger charge is 2.14. The summed E-state index contributed by atoms with van der Waals surface area (Å²) in [6, 6.07) is 6.81. The Kier molecular flexibility index (Phi) is 4.98. The molecule has 0 radical (unpaired) electrons. The second-order valence-corrected chi connectivity index (χ2v) is 5.19. The number of aromatic nitrogens is 2. The molecule has 110 valence electrons. The standard InChI is InChI=1S/C14H13Cl2N3O2/c1-8(2)21-10-5-3-4-9(6-10)14(20)19-11-12(15)17-7-18-13(11)16/h3-8H,1-2H3,(H,19,20). The average molecular weight is 326 g/mol. The summed E-state index contributed by atoms with van der Waals surface area (Å²) < 4.78 is 5.55. The first-order valence-electron chi connectivity index (χ1n) is 6.21. The second-order valence-electron chi connectivity index (χ2n) is 4.48. The number of benzene rings is 1. The number of nitrogens with zero attached hydrogens (tertiary/aromatic N) is 2. The van der Waals surface area contributed by atoms with E-state index in [0.717, 1.165) is 0 Å². The first kappa shape index (κ1) is 15.5. The van der Waals surface area contributed by atoms with Gasteiger partial charge in [-0.05, 0) is 32.0 Å². The Morgan fingerprint density at radius 2 is 1.90 bits per heavy atom. The van der Waals surface area contributed by atoms with Crippen LogP contribution in [0, 0.1) is 0 Å². The molecule has 2 aromatic rings. The van der Waals surface area contributed by atoms with E-state index in [9.17, 15) is 4.79 Å². The molecule has 5 nitrogen and oxygen atoms in total. The van der Waals surface area contributed by atoms with Crippen molar-refractivity contribution in [2.75, 3.05) is 5.32 Å². The number of halogens is 2. The molecule has 1 heterocycles. The van der Waals surface area contributed by atoms with Gasteiger partial charge >= 0.3 is 0 Å². The van der Waals surface area contributed by atoms with Crippen LogP contribution < -0.4 is 10.1 Å². The van der Waals surface area contributed by atoms with Crippen molar-refractivity contribution < 1.29 is 9.53 Å². The maximum Gasteiger partial charge on any atom is 0.255 e. The zero-order chi connectivity index (χ0) is 15.4. The lowest BCUT2D eigenvalue weighted by molar-refractivity contribution is 0.102. The quantitative estimate of drug-likeness (QED) is 0.868. The summed E-state index contributed by atoms with van der Waals surface area (Å²) in [4.78, 5) is 19.8. The van der Waals surface area contributed by atoms with Crippen LogP contribution in [0.25, 0.3) is 0 Å². The van der Waals surface area contributed by atoms with Gasteiger partial charge < -0.3 is 10.1 Å². The minimum atomic E-state index is -0.372. The predicted octanol–water partition coefficient (Wildman–Crippen LogP) is 3.82. The Morgan fingerprint density at radius 1 is 1.24 bits per heavy atom. The third-order valence-electron chi connectivity index (χ3n) is 2.46.